The summed E-state index contributed by atoms with van der Waals surface area (Å²) in [6.45, 7) is 0. The molecule has 0 bridgehead atoms. The molecule has 0 aliphatic rings. The average molecular weight is 382 g/mol. The van der Waals surface area contributed by atoms with E-state index >= 15 is 0 Å². The Morgan fingerprint density at radius 1 is 0.786 bits per heavy atom. The molecule has 136 valence electrons. The van der Waals surface area contributed by atoms with Crippen LogP contribution in [0.3, 0.4) is 0 Å². The van der Waals surface area contributed by atoms with Gasteiger partial charge in [0, 0.05) is 17.0 Å². The van der Waals surface area contributed by atoms with Crippen LogP contribution in [0.1, 0.15) is 5.56 Å². The van der Waals surface area contributed by atoms with Crippen molar-refractivity contribution in [2.24, 2.45) is 0 Å². The maximum absolute atomic E-state index is 12.1. The molecular weight excluding hydrogens is 364 g/mol. The van der Waals surface area contributed by atoms with E-state index in [0.29, 0.717) is 5.13 Å². The highest BCUT2D eigenvalue weighted by Crippen LogP contribution is 2.27. The van der Waals surface area contributed by atoms with E-state index in [0.717, 1.165) is 16.8 Å². The van der Waals surface area contributed by atoms with Gasteiger partial charge in [0.15, 0.2) is 5.13 Å². The molecule has 4 rings (SSSR count). The van der Waals surface area contributed by atoms with Crippen molar-refractivity contribution in [1.29, 1.82) is 0 Å². The monoisotopic (exact) mass is 382 g/mol. The van der Waals surface area contributed by atoms with Crippen LogP contribution in [0.4, 0.5) is 5.13 Å². The molecule has 0 aliphatic heterocycles. The lowest BCUT2D eigenvalue weighted by atomic mass is 10.0. The largest absolute Gasteiger partial charge is 0.298 e. The summed E-state index contributed by atoms with van der Waals surface area (Å²) in [4.78, 5) is 16.6. The van der Waals surface area contributed by atoms with E-state index < -0.39 is 0 Å². The maximum Gasteiger partial charge on any atom is 0.250 e. The van der Waals surface area contributed by atoms with E-state index in [2.05, 4.69) is 46.7 Å². The molecule has 4 aromatic rings. The van der Waals surface area contributed by atoms with Gasteiger partial charge in [-0.15, -0.1) is 11.3 Å². The molecule has 0 atom stereocenters. The zero-order chi connectivity index (χ0) is 19.2. The summed E-state index contributed by atoms with van der Waals surface area (Å²) in [7, 11) is 0. The van der Waals surface area contributed by atoms with Gasteiger partial charge in [-0.3, -0.25) is 10.1 Å². The molecule has 0 unspecified atom stereocenters. The van der Waals surface area contributed by atoms with E-state index in [9.17, 15) is 4.79 Å². The molecule has 0 fully saturated rings. The topological polar surface area (TPSA) is 42.0 Å². The predicted molar refractivity (Wildman–Crippen MR) is 117 cm³/mol. The summed E-state index contributed by atoms with van der Waals surface area (Å²) in [6, 6.07) is 28.3. The van der Waals surface area contributed by atoms with E-state index in [-0.39, 0.29) is 5.91 Å². The highest BCUT2D eigenvalue weighted by atomic mass is 32.1. The standard InChI is InChI=1S/C24H18N2OS/c27-23(16-11-18-7-3-1-4-8-18)26-24-25-22(17-28-24)21-14-12-20(13-15-21)19-9-5-2-6-10-19/h1-17H,(H,25,26,27)/b16-11+. The molecule has 3 aromatic carbocycles. The zero-order valence-corrected chi connectivity index (χ0v) is 15.9. The Hall–Kier alpha value is -3.50. The number of nitrogens with zero attached hydrogens (tertiary/aromatic N) is 1. The number of nitrogens with one attached hydrogen (secondary N) is 1. The Balaban J connectivity index is 1.43. The van der Waals surface area contributed by atoms with Gasteiger partial charge in [0.25, 0.3) is 0 Å². The van der Waals surface area contributed by atoms with Crippen LogP contribution >= 0.6 is 11.3 Å². The number of benzene rings is 3. The van der Waals surface area contributed by atoms with Crippen LogP contribution in [0.15, 0.2) is 96.4 Å². The van der Waals surface area contributed by atoms with Gasteiger partial charge >= 0.3 is 0 Å². The number of amides is 1. The first-order chi connectivity index (χ1) is 13.8. The molecule has 1 amide bonds. The van der Waals surface area contributed by atoms with Crippen LogP contribution in [0, 0.1) is 0 Å². The molecule has 1 heterocycles. The van der Waals surface area contributed by atoms with Crippen molar-refractivity contribution in [2.45, 2.75) is 0 Å². The highest BCUT2D eigenvalue weighted by molar-refractivity contribution is 7.14. The first kappa shape index (κ1) is 17.9. The third-order valence-electron chi connectivity index (χ3n) is 4.25. The maximum atomic E-state index is 12.1. The quantitative estimate of drug-likeness (QED) is 0.422. The van der Waals surface area contributed by atoms with Crippen LogP contribution in [-0.2, 0) is 4.79 Å². The second-order valence-electron chi connectivity index (χ2n) is 6.21. The van der Waals surface area contributed by atoms with Gasteiger partial charge in [-0.1, -0.05) is 84.9 Å². The van der Waals surface area contributed by atoms with Gasteiger partial charge in [0.2, 0.25) is 5.91 Å². The van der Waals surface area contributed by atoms with Crippen molar-refractivity contribution in [1.82, 2.24) is 4.98 Å². The molecule has 4 heteroatoms. The number of carbonyl (C=O) groups excluding carboxylic acids is 1. The molecule has 0 spiro atoms. The minimum Gasteiger partial charge on any atom is -0.298 e. The van der Waals surface area contributed by atoms with E-state index in [1.165, 1.54) is 28.5 Å². The summed E-state index contributed by atoms with van der Waals surface area (Å²) < 4.78 is 0. The van der Waals surface area contributed by atoms with Gasteiger partial charge in [0.1, 0.15) is 0 Å². The van der Waals surface area contributed by atoms with Crippen LogP contribution in [0.5, 0.6) is 0 Å². The van der Waals surface area contributed by atoms with Gasteiger partial charge < -0.3 is 0 Å². The van der Waals surface area contributed by atoms with Crippen molar-refractivity contribution < 1.29 is 4.79 Å². The Morgan fingerprint density at radius 3 is 2.11 bits per heavy atom. The SMILES string of the molecule is O=C(/C=C/c1ccccc1)Nc1nc(-c2ccc(-c3ccccc3)cc2)cs1. The second kappa shape index (κ2) is 8.46. The number of carbonyl (C=O) groups is 1. The first-order valence-corrected chi connectivity index (χ1v) is 9.81. The lowest BCUT2D eigenvalue weighted by Crippen LogP contribution is -2.07. The molecule has 0 radical (unpaired) electrons. The molecule has 0 saturated carbocycles. The predicted octanol–water partition coefficient (Wildman–Crippen LogP) is 6.13. The number of thiazole rings is 1. The van der Waals surface area contributed by atoms with Crippen molar-refractivity contribution in [2.75, 3.05) is 5.32 Å². The summed E-state index contributed by atoms with van der Waals surface area (Å²) in [5.74, 6) is -0.191. The van der Waals surface area contributed by atoms with E-state index in [1.807, 2.05) is 53.9 Å². The third kappa shape index (κ3) is 4.42. The molecule has 0 aliphatic carbocycles. The van der Waals surface area contributed by atoms with Gasteiger partial charge in [0.05, 0.1) is 5.69 Å². The lowest BCUT2D eigenvalue weighted by Gasteiger charge is -2.03. The summed E-state index contributed by atoms with van der Waals surface area (Å²) in [5.41, 5.74) is 5.21. The number of anilines is 1. The van der Waals surface area contributed by atoms with Crippen LogP contribution < -0.4 is 5.32 Å². The number of rotatable bonds is 5. The van der Waals surface area contributed by atoms with Crippen molar-refractivity contribution >= 4 is 28.5 Å². The molecule has 1 aromatic heterocycles. The van der Waals surface area contributed by atoms with Crippen molar-refractivity contribution in [3.05, 3.63) is 102 Å². The summed E-state index contributed by atoms with van der Waals surface area (Å²) in [5, 5.41) is 5.36. The van der Waals surface area contributed by atoms with E-state index in [1.54, 1.807) is 6.08 Å². The first-order valence-electron chi connectivity index (χ1n) is 8.93. The van der Waals surface area contributed by atoms with Crippen molar-refractivity contribution in [3.8, 4) is 22.4 Å². The minimum atomic E-state index is -0.191. The van der Waals surface area contributed by atoms with Crippen molar-refractivity contribution in [3.63, 3.8) is 0 Å². The van der Waals surface area contributed by atoms with Gasteiger partial charge in [-0.05, 0) is 22.8 Å². The summed E-state index contributed by atoms with van der Waals surface area (Å²) >= 11 is 1.42. The Labute approximate surface area is 168 Å². The normalized spacial score (nSPS) is 10.9. The van der Waals surface area contributed by atoms with Crippen LogP contribution in [0.25, 0.3) is 28.5 Å². The van der Waals surface area contributed by atoms with Crippen LogP contribution in [-0.4, -0.2) is 10.9 Å². The fourth-order valence-corrected chi connectivity index (χ4v) is 3.53. The third-order valence-corrected chi connectivity index (χ3v) is 5.01. The van der Waals surface area contributed by atoms with Gasteiger partial charge in [-0.25, -0.2) is 4.98 Å². The van der Waals surface area contributed by atoms with E-state index in [4.69, 9.17) is 0 Å². The molecular formula is C24H18N2OS. The molecule has 3 nitrogen and oxygen atoms in total. The summed E-state index contributed by atoms with van der Waals surface area (Å²) in [6.07, 6.45) is 3.30. The Kier molecular flexibility index (Phi) is 5.41. The number of hydrogen-bond donors (Lipinski definition) is 1. The number of hydrogen-bond acceptors (Lipinski definition) is 3. The minimum absolute atomic E-state index is 0.191. The second-order valence-corrected chi connectivity index (χ2v) is 7.07. The van der Waals surface area contributed by atoms with Crippen LogP contribution in [0.2, 0.25) is 0 Å². The zero-order valence-electron chi connectivity index (χ0n) is 15.1. The lowest BCUT2D eigenvalue weighted by molar-refractivity contribution is -0.111. The number of aromatic nitrogens is 1. The highest BCUT2D eigenvalue weighted by Gasteiger charge is 2.07. The Bertz CT molecular complexity index is 1080. The molecule has 28 heavy (non-hydrogen) atoms. The molecule has 0 saturated heterocycles. The van der Waals surface area contributed by atoms with Gasteiger partial charge in [-0.2, -0.15) is 0 Å². The fraction of sp³-hybridized carbons (Fsp3) is 0. The fourth-order valence-electron chi connectivity index (χ4n) is 2.81. The average Bonchev–Trinajstić information content (AvgIpc) is 3.22. The molecule has 1 N–H and O–H groups in total. The Morgan fingerprint density at radius 2 is 1.39 bits per heavy atom. The smallest absolute Gasteiger partial charge is 0.250 e.